The molecule has 41 heavy (non-hydrogen) atoms. The summed E-state index contributed by atoms with van der Waals surface area (Å²) < 4.78 is 68.8. The fourth-order valence-corrected chi connectivity index (χ4v) is 4.62. The number of carbonyl (C=O) groups is 3. The van der Waals surface area contributed by atoms with Crippen LogP contribution in [0.1, 0.15) is 16.7 Å². The predicted octanol–water partition coefficient (Wildman–Crippen LogP) is 6.12. The van der Waals surface area contributed by atoms with Crippen molar-refractivity contribution in [2.24, 2.45) is 0 Å². The summed E-state index contributed by atoms with van der Waals surface area (Å²) in [5.41, 5.74) is -0.172. The fraction of sp³-hybridized carbons (Fsp3) is 0.179. The number of imide groups is 1. The van der Waals surface area contributed by atoms with Gasteiger partial charge in [-0.2, -0.15) is 13.2 Å². The monoisotopic (exact) mass is 590 g/mol. The molecule has 4 rings (SSSR count). The van der Waals surface area contributed by atoms with E-state index in [4.69, 9.17) is 14.2 Å². The largest absolute Gasteiger partial charge is 0.495 e. The first-order chi connectivity index (χ1) is 19.5. The Morgan fingerprint density at radius 1 is 0.976 bits per heavy atom. The van der Waals surface area contributed by atoms with Crippen LogP contribution >= 0.6 is 11.8 Å². The molecule has 0 aliphatic carbocycles. The molecule has 0 radical (unpaired) electrons. The smallest absolute Gasteiger partial charge is 0.416 e. The van der Waals surface area contributed by atoms with E-state index < -0.39 is 41.2 Å². The third kappa shape index (κ3) is 7.17. The van der Waals surface area contributed by atoms with Gasteiger partial charge < -0.3 is 19.5 Å². The molecule has 0 aromatic heterocycles. The van der Waals surface area contributed by atoms with Crippen LogP contribution in [-0.4, -0.2) is 42.7 Å². The van der Waals surface area contributed by atoms with Gasteiger partial charge >= 0.3 is 6.18 Å². The Bertz CT molecular complexity index is 1530. The number of methoxy groups -OCH3 is 2. The minimum absolute atomic E-state index is 0.0231. The number of hydrogen-bond acceptors (Lipinski definition) is 7. The summed E-state index contributed by atoms with van der Waals surface area (Å²) >= 11 is 0.602. The van der Waals surface area contributed by atoms with Crippen LogP contribution in [0.25, 0.3) is 6.08 Å². The van der Waals surface area contributed by atoms with E-state index in [-0.39, 0.29) is 22.9 Å². The number of thioether (sulfide) groups is 1. The summed E-state index contributed by atoms with van der Waals surface area (Å²) in [6, 6.07) is 13.2. The zero-order valence-corrected chi connectivity index (χ0v) is 22.4. The minimum atomic E-state index is -4.66. The SMILES string of the molecule is COc1ccc(C(F)(F)F)cc1NC(=O)CN1C(=O)S/C(=C\c2ccc(OCc3cccc(F)c3)c(OC)c2)C1=O. The summed E-state index contributed by atoms with van der Waals surface area (Å²) in [7, 11) is 2.64. The van der Waals surface area contributed by atoms with E-state index in [9.17, 15) is 31.9 Å². The maximum absolute atomic E-state index is 13.4. The van der Waals surface area contributed by atoms with Gasteiger partial charge in [-0.05, 0) is 71.4 Å². The van der Waals surface area contributed by atoms with E-state index >= 15 is 0 Å². The summed E-state index contributed by atoms with van der Waals surface area (Å²) in [4.78, 5) is 38.7. The van der Waals surface area contributed by atoms with Gasteiger partial charge in [0.15, 0.2) is 11.5 Å². The van der Waals surface area contributed by atoms with Crippen molar-refractivity contribution in [1.82, 2.24) is 4.90 Å². The number of nitrogens with one attached hydrogen (secondary N) is 1. The Hall–Kier alpha value is -4.52. The lowest BCUT2D eigenvalue weighted by atomic mass is 10.1. The number of halogens is 4. The molecule has 3 aromatic carbocycles. The fourth-order valence-electron chi connectivity index (χ4n) is 3.78. The number of hydrogen-bond donors (Lipinski definition) is 1. The molecule has 8 nitrogen and oxygen atoms in total. The second-order valence-corrected chi connectivity index (χ2v) is 9.55. The lowest BCUT2D eigenvalue weighted by Crippen LogP contribution is -2.36. The van der Waals surface area contributed by atoms with E-state index in [1.807, 2.05) is 0 Å². The molecule has 214 valence electrons. The molecule has 0 unspecified atom stereocenters. The van der Waals surface area contributed by atoms with Crippen LogP contribution in [0, 0.1) is 5.82 Å². The Morgan fingerprint density at radius 3 is 2.39 bits per heavy atom. The van der Waals surface area contributed by atoms with Crippen LogP contribution < -0.4 is 19.5 Å². The molecule has 0 saturated carbocycles. The van der Waals surface area contributed by atoms with Crippen molar-refractivity contribution in [3.8, 4) is 17.2 Å². The number of amides is 3. The third-order valence-electron chi connectivity index (χ3n) is 5.75. The average molecular weight is 591 g/mol. The van der Waals surface area contributed by atoms with Gasteiger partial charge in [-0.15, -0.1) is 0 Å². The highest BCUT2D eigenvalue weighted by molar-refractivity contribution is 8.18. The van der Waals surface area contributed by atoms with E-state index in [1.165, 1.54) is 32.4 Å². The second kappa shape index (κ2) is 12.3. The van der Waals surface area contributed by atoms with Gasteiger partial charge in [0.1, 0.15) is 24.7 Å². The first kappa shape index (κ1) is 29.5. The highest BCUT2D eigenvalue weighted by atomic mass is 32.2. The number of ether oxygens (including phenoxy) is 3. The lowest BCUT2D eigenvalue weighted by Gasteiger charge is -2.16. The van der Waals surface area contributed by atoms with E-state index in [0.717, 1.165) is 12.1 Å². The number of anilines is 1. The maximum atomic E-state index is 13.4. The first-order valence-corrected chi connectivity index (χ1v) is 12.7. The standard InChI is InChI=1S/C28H22F4N2O6S/c1-38-21-9-7-18(28(30,31)32)13-20(21)33-25(35)14-34-26(36)24(41-27(34)37)12-16-6-8-22(23(11-16)39-2)40-15-17-4-3-5-19(29)10-17/h3-13H,14-15H2,1-2H3,(H,33,35)/b24-12-. The summed E-state index contributed by atoms with van der Waals surface area (Å²) in [6.07, 6.45) is -3.23. The van der Waals surface area contributed by atoms with Gasteiger partial charge in [0.25, 0.3) is 11.1 Å². The van der Waals surface area contributed by atoms with Crippen LogP contribution in [0.4, 0.5) is 28.0 Å². The van der Waals surface area contributed by atoms with Crippen LogP contribution in [0.2, 0.25) is 0 Å². The van der Waals surface area contributed by atoms with E-state index in [1.54, 1.807) is 30.3 Å². The molecule has 1 aliphatic heterocycles. The Morgan fingerprint density at radius 2 is 1.71 bits per heavy atom. The average Bonchev–Trinajstić information content (AvgIpc) is 3.18. The maximum Gasteiger partial charge on any atom is 0.416 e. The lowest BCUT2D eigenvalue weighted by molar-refractivity contribution is -0.137. The second-order valence-electron chi connectivity index (χ2n) is 8.56. The topological polar surface area (TPSA) is 94.2 Å². The van der Waals surface area contributed by atoms with Crippen LogP contribution in [0.5, 0.6) is 17.2 Å². The molecule has 13 heteroatoms. The van der Waals surface area contributed by atoms with Gasteiger partial charge in [-0.1, -0.05) is 18.2 Å². The highest BCUT2D eigenvalue weighted by Gasteiger charge is 2.37. The summed E-state index contributed by atoms with van der Waals surface area (Å²) in [6.45, 7) is -0.640. The van der Waals surface area contributed by atoms with Crippen molar-refractivity contribution < 1.29 is 46.2 Å². The molecule has 0 spiro atoms. The molecule has 1 saturated heterocycles. The molecular weight excluding hydrogens is 568 g/mol. The van der Waals surface area contributed by atoms with Gasteiger partial charge in [0.05, 0.1) is 30.4 Å². The normalized spacial score (nSPS) is 14.4. The third-order valence-corrected chi connectivity index (χ3v) is 6.65. The number of carbonyl (C=O) groups excluding carboxylic acids is 3. The molecule has 3 aromatic rings. The van der Waals surface area contributed by atoms with E-state index in [0.29, 0.717) is 45.4 Å². The van der Waals surface area contributed by atoms with Gasteiger partial charge in [0, 0.05) is 0 Å². The van der Waals surface area contributed by atoms with E-state index in [2.05, 4.69) is 5.32 Å². The molecule has 1 N–H and O–H groups in total. The number of benzene rings is 3. The van der Waals surface area contributed by atoms with Gasteiger partial charge in [-0.3, -0.25) is 19.3 Å². The Labute approximate surface area is 235 Å². The molecule has 0 atom stereocenters. The van der Waals surface area contributed by atoms with Crippen molar-refractivity contribution in [3.63, 3.8) is 0 Å². The van der Waals surface area contributed by atoms with Gasteiger partial charge in [0.2, 0.25) is 5.91 Å². The summed E-state index contributed by atoms with van der Waals surface area (Å²) in [5, 5.41) is 1.54. The zero-order valence-electron chi connectivity index (χ0n) is 21.6. The number of nitrogens with zero attached hydrogens (tertiary/aromatic N) is 1. The van der Waals surface area contributed by atoms with Crippen molar-refractivity contribution in [1.29, 1.82) is 0 Å². The number of alkyl halides is 3. The molecule has 1 heterocycles. The van der Waals surface area contributed by atoms with Crippen LogP contribution in [0.3, 0.4) is 0 Å². The van der Waals surface area contributed by atoms with Gasteiger partial charge in [-0.25, -0.2) is 4.39 Å². The Kier molecular flexibility index (Phi) is 8.86. The van der Waals surface area contributed by atoms with Crippen LogP contribution in [0.15, 0.2) is 65.6 Å². The molecule has 1 fully saturated rings. The molecule has 0 bridgehead atoms. The molecule has 3 amide bonds. The quantitative estimate of drug-likeness (QED) is 0.237. The van der Waals surface area contributed by atoms with Crippen molar-refractivity contribution in [2.75, 3.05) is 26.1 Å². The molecule has 1 aliphatic rings. The first-order valence-electron chi connectivity index (χ1n) is 11.8. The minimum Gasteiger partial charge on any atom is -0.495 e. The summed E-state index contributed by atoms with van der Waals surface area (Å²) in [5.74, 6) is -1.38. The van der Waals surface area contributed by atoms with Crippen molar-refractivity contribution >= 4 is 40.6 Å². The van der Waals surface area contributed by atoms with Crippen molar-refractivity contribution in [2.45, 2.75) is 12.8 Å². The zero-order chi connectivity index (χ0) is 29.7. The number of rotatable bonds is 9. The van der Waals surface area contributed by atoms with Crippen LogP contribution in [-0.2, 0) is 22.4 Å². The molecular formula is C28H22F4N2O6S. The Balaban J connectivity index is 1.45. The predicted molar refractivity (Wildman–Crippen MR) is 143 cm³/mol. The highest BCUT2D eigenvalue weighted by Crippen LogP contribution is 2.36. The van der Waals surface area contributed by atoms with Crippen molar-refractivity contribution in [3.05, 3.63) is 88.1 Å².